The number of ether oxygens (including phenoxy) is 1. The summed E-state index contributed by atoms with van der Waals surface area (Å²) < 4.78 is 5.47. The van der Waals surface area contributed by atoms with Crippen LogP contribution >= 0.6 is 0 Å². The van der Waals surface area contributed by atoms with Crippen LogP contribution in [0.2, 0.25) is 0 Å². The number of nitrogens with one attached hydrogen (secondary N) is 1. The molecule has 1 rings (SSSR count). The van der Waals surface area contributed by atoms with Crippen LogP contribution in [0.5, 0.6) is 5.75 Å². The fourth-order valence-electron chi connectivity index (χ4n) is 2.01. The molecule has 1 aromatic carbocycles. The minimum Gasteiger partial charge on any atom is -0.494 e. The Morgan fingerprint density at radius 3 is 2.53 bits per heavy atom. The molecule has 0 aliphatic rings. The second-order valence-electron chi connectivity index (χ2n) is 4.90. The first-order valence-electron chi connectivity index (χ1n) is 6.31. The minimum absolute atomic E-state index is 0.436. The summed E-state index contributed by atoms with van der Waals surface area (Å²) in [5.41, 5.74) is 7.61. The van der Waals surface area contributed by atoms with E-state index in [1.54, 1.807) is 0 Å². The van der Waals surface area contributed by atoms with Gasteiger partial charge in [0.05, 0.1) is 6.61 Å². The maximum absolute atomic E-state index is 5.85. The highest BCUT2D eigenvalue weighted by Crippen LogP contribution is 2.23. The molecule has 0 bridgehead atoms. The predicted octanol–water partition coefficient (Wildman–Crippen LogP) is 3.51. The zero-order chi connectivity index (χ0) is 12.8. The van der Waals surface area contributed by atoms with Crippen LogP contribution in [-0.2, 0) is 0 Å². The van der Waals surface area contributed by atoms with Crippen molar-refractivity contribution in [1.82, 2.24) is 0 Å². The molecule has 3 N–H and O–H groups in total. The standard InChI is InChI=1S/C14H24N2O/c1-5-17-14-8-12(15)7-13(9-14)16-11(4)6-10(2)3/h7-11,16H,5-6,15H2,1-4H3. The number of nitrogens with two attached hydrogens (primary N) is 1. The molecule has 3 heteroatoms. The lowest BCUT2D eigenvalue weighted by Gasteiger charge is -2.18. The number of nitrogen functional groups attached to an aromatic ring is 1. The van der Waals surface area contributed by atoms with Crippen molar-refractivity contribution in [3.63, 3.8) is 0 Å². The van der Waals surface area contributed by atoms with Crippen molar-refractivity contribution in [2.75, 3.05) is 17.7 Å². The number of hydrogen-bond acceptors (Lipinski definition) is 3. The van der Waals surface area contributed by atoms with Gasteiger partial charge in [-0.2, -0.15) is 0 Å². The van der Waals surface area contributed by atoms with Crippen molar-refractivity contribution in [3.05, 3.63) is 18.2 Å². The highest BCUT2D eigenvalue weighted by atomic mass is 16.5. The summed E-state index contributed by atoms with van der Waals surface area (Å²) in [6, 6.07) is 6.23. The number of anilines is 2. The largest absolute Gasteiger partial charge is 0.494 e. The van der Waals surface area contributed by atoms with Gasteiger partial charge in [-0.1, -0.05) is 13.8 Å². The highest BCUT2D eigenvalue weighted by Gasteiger charge is 2.06. The van der Waals surface area contributed by atoms with E-state index in [1.807, 2.05) is 25.1 Å². The summed E-state index contributed by atoms with van der Waals surface area (Å²) in [6.07, 6.45) is 1.14. The molecular formula is C14H24N2O. The van der Waals surface area contributed by atoms with E-state index in [9.17, 15) is 0 Å². The average Bonchev–Trinajstić information content (AvgIpc) is 2.14. The molecule has 0 saturated carbocycles. The van der Waals surface area contributed by atoms with Gasteiger partial charge in [-0.05, 0) is 32.3 Å². The average molecular weight is 236 g/mol. The SMILES string of the molecule is CCOc1cc(N)cc(NC(C)CC(C)C)c1. The Hall–Kier alpha value is -1.38. The maximum Gasteiger partial charge on any atom is 0.123 e. The highest BCUT2D eigenvalue weighted by molar-refractivity contribution is 5.59. The van der Waals surface area contributed by atoms with Crippen LogP contribution < -0.4 is 15.8 Å². The van der Waals surface area contributed by atoms with Gasteiger partial charge in [-0.25, -0.2) is 0 Å². The Balaban J connectivity index is 2.69. The summed E-state index contributed by atoms with van der Waals surface area (Å²) in [5, 5.41) is 3.45. The second kappa shape index (κ2) is 6.38. The first-order valence-corrected chi connectivity index (χ1v) is 6.31. The molecule has 1 atom stereocenters. The monoisotopic (exact) mass is 236 g/mol. The van der Waals surface area contributed by atoms with E-state index in [2.05, 4.69) is 26.1 Å². The Morgan fingerprint density at radius 2 is 1.94 bits per heavy atom. The molecule has 0 fully saturated rings. The molecule has 0 heterocycles. The van der Waals surface area contributed by atoms with Crippen LogP contribution in [0, 0.1) is 5.92 Å². The van der Waals surface area contributed by atoms with Crippen LogP contribution in [0.4, 0.5) is 11.4 Å². The maximum atomic E-state index is 5.85. The van der Waals surface area contributed by atoms with E-state index in [-0.39, 0.29) is 0 Å². The summed E-state index contributed by atoms with van der Waals surface area (Å²) in [6.45, 7) is 9.26. The smallest absolute Gasteiger partial charge is 0.123 e. The van der Waals surface area contributed by atoms with Crippen LogP contribution in [0.1, 0.15) is 34.1 Å². The van der Waals surface area contributed by atoms with E-state index in [0.717, 1.165) is 23.5 Å². The third-order valence-corrected chi connectivity index (χ3v) is 2.48. The molecule has 0 aliphatic heterocycles. The quantitative estimate of drug-likeness (QED) is 0.743. The van der Waals surface area contributed by atoms with Crippen molar-refractivity contribution in [2.24, 2.45) is 5.92 Å². The molecule has 0 aromatic heterocycles. The van der Waals surface area contributed by atoms with Gasteiger partial charge >= 0.3 is 0 Å². The van der Waals surface area contributed by atoms with Gasteiger partial charge in [-0.3, -0.25) is 0 Å². The number of rotatable bonds is 6. The predicted molar refractivity (Wildman–Crippen MR) is 74.6 cm³/mol. The van der Waals surface area contributed by atoms with Crippen molar-refractivity contribution >= 4 is 11.4 Å². The Morgan fingerprint density at radius 1 is 1.24 bits per heavy atom. The van der Waals surface area contributed by atoms with Crippen LogP contribution in [0.25, 0.3) is 0 Å². The van der Waals surface area contributed by atoms with E-state index < -0.39 is 0 Å². The summed E-state index contributed by atoms with van der Waals surface area (Å²) >= 11 is 0. The van der Waals surface area contributed by atoms with Crippen LogP contribution in [0.15, 0.2) is 18.2 Å². The van der Waals surface area contributed by atoms with E-state index >= 15 is 0 Å². The molecule has 0 amide bonds. The van der Waals surface area contributed by atoms with E-state index in [4.69, 9.17) is 10.5 Å². The summed E-state index contributed by atoms with van der Waals surface area (Å²) in [7, 11) is 0. The van der Waals surface area contributed by atoms with E-state index in [1.165, 1.54) is 0 Å². The van der Waals surface area contributed by atoms with Crippen molar-refractivity contribution < 1.29 is 4.74 Å². The molecule has 0 spiro atoms. The molecule has 0 aliphatic carbocycles. The lowest BCUT2D eigenvalue weighted by Crippen LogP contribution is -2.17. The van der Waals surface area contributed by atoms with Gasteiger partial charge in [0.1, 0.15) is 5.75 Å². The lowest BCUT2D eigenvalue weighted by atomic mass is 10.1. The molecule has 1 unspecified atom stereocenters. The van der Waals surface area contributed by atoms with Gasteiger partial charge < -0.3 is 15.8 Å². The Labute approximate surface area is 104 Å². The molecule has 0 saturated heterocycles. The van der Waals surface area contributed by atoms with Gasteiger partial charge in [0.25, 0.3) is 0 Å². The Bertz CT molecular complexity index is 350. The molecule has 1 aromatic rings. The third kappa shape index (κ3) is 4.98. The first kappa shape index (κ1) is 13.7. The zero-order valence-electron chi connectivity index (χ0n) is 11.3. The Kier molecular flexibility index (Phi) is 5.13. The number of hydrogen-bond donors (Lipinski definition) is 2. The second-order valence-corrected chi connectivity index (χ2v) is 4.90. The van der Waals surface area contributed by atoms with Crippen LogP contribution in [0.3, 0.4) is 0 Å². The fourth-order valence-corrected chi connectivity index (χ4v) is 2.01. The normalized spacial score (nSPS) is 12.5. The fraction of sp³-hybridized carbons (Fsp3) is 0.571. The van der Waals surface area contributed by atoms with Gasteiger partial charge in [0.2, 0.25) is 0 Å². The minimum atomic E-state index is 0.436. The van der Waals surface area contributed by atoms with Gasteiger partial charge in [-0.15, -0.1) is 0 Å². The summed E-state index contributed by atoms with van der Waals surface area (Å²) in [4.78, 5) is 0. The number of benzene rings is 1. The van der Waals surface area contributed by atoms with Gasteiger partial charge in [0.15, 0.2) is 0 Å². The van der Waals surface area contributed by atoms with Crippen molar-refractivity contribution in [1.29, 1.82) is 0 Å². The topological polar surface area (TPSA) is 47.3 Å². The molecule has 3 nitrogen and oxygen atoms in total. The van der Waals surface area contributed by atoms with Crippen molar-refractivity contribution in [3.8, 4) is 5.75 Å². The molecule has 96 valence electrons. The van der Waals surface area contributed by atoms with Crippen LogP contribution in [-0.4, -0.2) is 12.6 Å². The van der Waals surface area contributed by atoms with E-state index in [0.29, 0.717) is 18.6 Å². The van der Waals surface area contributed by atoms with Crippen molar-refractivity contribution in [2.45, 2.75) is 40.2 Å². The zero-order valence-corrected chi connectivity index (χ0v) is 11.3. The molecule has 17 heavy (non-hydrogen) atoms. The first-order chi connectivity index (χ1) is 8.01. The summed E-state index contributed by atoms with van der Waals surface area (Å²) in [5.74, 6) is 1.51. The lowest BCUT2D eigenvalue weighted by molar-refractivity contribution is 0.340. The van der Waals surface area contributed by atoms with Gasteiger partial charge in [0, 0.05) is 29.5 Å². The molecular weight excluding hydrogens is 212 g/mol. The third-order valence-electron chi connectivity index (χ3n) is 2.48. The molecule has 0 radical (unpaired) electrons.